The topological polar surface area (TPSA) is 49.4 Å². The Bertz CT molecular complexity index is 620. The summed E-state index contributed by atoms with van der Waals surface area (Å²) in [6.45, 7) is 1.47. The van der Waals surface area contributed by atoms with Crippen LogP contribution in [0.25, 0.3) is 0 Å². The van der Waals surface area contributed by atoms with E-state index in [1.54, 1.807) is 0 Å². The molecule has 9 heteroatoms. The van der Waals surface area contributed by atoms with Crippen molar-refractivity contribution >= 4 is 23.4 Å². The number of carbonyl (C=O) groups excluding carboxylic acids is 2. The van der Waals surface area contributed by atoms with E-state index < -0.39 is 30.4 Å². The third-order valence-corrected chi connectivity index (χ3v) is 3.19. The van der Waals surface area contributed by atoms with Crippen LogP contribution in [0, 0.1) is 5.82 Å². The van der Waals surface area contributed by atoms with Gasteiger partial charge in [0.25, 0.3) is 5.91 Å². The molecule has 132 valence electrons. The Morgan fingerprint density at radius 3 is 2.54 bits per heavy atom. The summed E-state index contributed by atoms with van der Waals surface area (Å²) in [7, 11) is 0. The summed E-state index contributed by atoms with van der Waals surface area (Å²) in [5.41, 5.74) is 0.00348. The fourth-order valence-electron chi connectivity index (χ4n) is 1.84. The summed E-state index contributed by atoms with van der Waals surface area (Å²) in [4.78, 5) is 24.2. The van der Waals surface area contributed by atoms with Crippen molar-refractivity contribution in [2.45, 2.75) is 12.6 Å². The molecule has 1 aromatic carbocycles. The molecule has 0 aliphatic heterocycles. The molecule has 4 nitrogen and oxygen atoms in total. The molecule has 0 aliphatic rings. The van der Waals surface area contributed by atoms with Crippen molar-refractivity contribution in [1.29, 1.82) is 0 Å². The van der Waals surface area contributed by atoms with Gasteiger partial charge in [0.2, 0.25) is 5.91 Å². The van der Waals surface area contributed by atoms with Crippen LogP contribution in [0.4, 0.5) is 17.6 Å². The van der Waals surface area contributed by atoms with Crippen LogP contribution in [0.15, 0.2) is 30.9 Å². The lowest BCUT2D eigenvalue weighted by Gasteiger charge is -2.22. The van der Waals surface area contributed by atoms with Crippen molar-refractivity contribution in [3.63, 3.8) is 0 Å². The first-order valence-electron chi connectivity index (χ1n) is 6.82. The molecule has 0 unspecified atom stereocenters. The minimum absolute atomic E-state index is 0.00348. The zero-order chi connectivity index (χ0) is 18.3. The zero-order valence-electron chi connectivity index (χ0n) is 12.5. The molecule has 2 amide bonds. The van der Waals surface area contributed by atoms with Gasteiger partial charge in [0, 0.05) is 19.5 Å². The van der Waals surface area contributed by atoms with E-state index in [4.69, 9.17) is 11.6 Å². The van der Waals surface area contributed by atoms with Crippen LogP contribution in [-0.4, -0.2) is 42.5 Å². The molecule has 1 aromatic rings. The smallest absolute Gasteiger partial charge is 0.351 e. The van der Waals surface area contributed by atoms with Crippen LogP contribution < -0.4 is 5.32 Å². The van der Waals surface area contributed by atoms with Gasteiger partial charge in [-0.25, -0.2) is 4.39 Å². The summed E-state index contributed by atoms with van der Waals surface area (Å²) >= 11 is 5.72. The third-order valence-electron chi connectivity index (χ3n) is 2.87. The molecule has 1 rings (SSSR count). The second kappa shape index (κ2) is 8.68. The van der Waals surface area contributed by atoms with Gasteiger partial charge in [-0.05, 0) is 18.2 Å². The molecule has 0 bridgehead atoms. The molecule has 0 saturated carbocycles. The maximum absolute atomic E-state index is 12.9. The van der Waals surface area contributed by atoms with E-state index in [-0.39, 0.29) is 30.1 Å². The van der Waals surface area contributed by atoms with E-state index >= 15 is 0 Å². The molecule has 0 aromatic heterocycles. The first-order chi connectivity index (χ1) is 11.1. The lowest BCUT2D eigenvalue weighted by Crippen LogP contribution is -2.40. The molecular formula is C15H15ClF4N2O2. The molecule has 24 heavy (non-hydrogen) atoms. The maximum Gasteiger partial charge on any atom is 0.406 e. The first kappa shape index (κ1) is 20.0. The van der Waals surface area contributed by atoms with Crippen LogP contribution >= 0.6 is 11.6 Å². The zero-order valence-corrected chi connectivity index (χ0v) is 13.3. The molecular weight excluding hydrogens is 352 g/mol. The predicted octanol–water partition coefficient (Wildman–Crippen LogP) is 3.18. The Morgan fingerprint density at radius 1 is 1.33 bits per heavy atom. The molecule has 0 heterocycles. The van der Waals surface area contributed by atoms with Gasteiger partial charge < -0.3 is 10.2 Å². The summed E-state index contributed by atoms with van der Waals surface area (Å²) < 4.78 is 50.1. The highest BCUT2D eigenvalue weighted by Gasteiger charge is 2.32. The van der Waals surface area contributed by atoms with Gasteiger partial charge in [0.15, 0.2) is 0 Å². The van der Waals surface area contributed by atoms with Gasteiger partial charge in [0.05, 0.1) is 10.6 Å². The number of benzene rings is 1. The molecule has 0 saturated heterocycles. The number of hydrogen-bond donors (Lipinski definition) is 1. The quantitative estimate of drug-likeness (QED) is 0.595. The van der Waals surface area contributed by atoms with Gasteiger partial charge in [-0.3, -0.25) is 9.59 Å². The average Bonchev–Trinajstić information content (AvgIpc) is 2.45. The summed E-state index contributed by atoms with van der Waals surface area (Å²) in [6.07, 6.45) is -3.67. The Morgan fingerprint density at radius 2 is 2.00 bits per heavy atom. The number of carbonyl (C=O) groups is 2. The van der Waals surface area contributed by atoms with Crippen molar-refractivity contribution in [1.82, 2.24) is 10.2 Å². The minimum Gasteiger partial charge on any atom is -0.351 e. The van der Waals surface area contributed by atoms with Crippen LogP contribution in [0.3, 0.4) is 0 Å². The fourth-order valence-corrected chi connectivity index (χ4v) is 2.09. The van der Waals surface area contributed by atoms with E-state index in [1.165, 1.54) is 12.1 Å². The largest absolute Gasteiger partial charge is 0.406 e. The van der Waals surface area contributed by atoms with Crippen LogP contribution in [-0.2, 0) is 4.79 Å². The Kier molecular flexibility index (Phi) is 7.21. The van der Waals surface area contributed by atoms with E-state index in [0.29, 0.717) is 4.90 Å². The van der Waals surface area contributed by atoms with E-state index in [2.05, 4.69) is 11.9 Å². The monoisotopic (exact) mass is 366 g/mol. The summed E-state index contributed by atoms with van der Waals surface area (Å²) in [5, 5.41) is 2.24. The minimum atomic E-state index is -4.52. The Labute approximate surface area is 141 Å². The number of amides is 2. The molecule has 0 aliphatic carbocycles. The number of rotatable bonds is 7. The fraction of sp³-hybridized carbons (Fsp3) is 0.333. The lowest BCUT2D eigenvalue weighted by atomic mass is 10.2. The standard InChI is InChI=1S/C15H15ClF4N2O2/c1-2-7-22(9-15(18,19)20)13(23)5-6-21-14(24)11-4-3-10(17)8-12(11)16/h2-4,8H,1,5-7,9H2,(H,21,24). The summed E-state index contributed by atoms with van der Waals surface area (Å²) in [6, 6.07) is 3.17. The second-order valence-corrected chi connectivity index (χ2v) is 5.22. The van der Waals surface area contributed by atoms with Crippen molar-refractivity contribution in [3.8, 4) is 0 Å². The first-order valence-corrected chi connectivity index (χ1v) is 7.20. The van der Waals surface area contributed by atoms with E-state index in [1.807, 2.05) is 0 Å². The molecule has 1 N–H and O–H groups in total. The molecule has 0 atom stereocenters. The molecule has 0 radical (unpaired) electrons. The van der Waals surface area contributed by atoms with Crippen molar-refractivity contribution in [2.24, 2.45) is 0 Å². The van der Waals surface area contributed by atoms with Crippen LogP contribution in [0.5, 0.6) is 0 Å². The Balaban J connectivity index is 2.56. The number of alkyl halides is 3. The number of nitrogens with one attached hydrogen (secondary N) is 1. The number of halogens is 5. The number of nitrogens with zero attached hydrogens (tertiary/aromatic N) is 1. The van der Waals surface area contributed by atoms with Crippen molar-refractivity contribution < 1.29 is 27.2 Å². The molecule has 0 fully saturated rings. The van der Waals surface area contributed by atoms with Gasteiger partial charge in [-0.1, -0.05) is 17.7 Å². The SMILES string of the molecule is C=CCN(CC(F)(F)F)C(=O)CCNC(=O)c1ccc(F)cc1Cl. The molecule has 0 spiro atoms. The van der Waals surface area contributed by atoms with Crippen LogP contribution in [0.1, 0.15) is 16.8 Å². The van der Waals surface area contributed by atoms with Gasteiger partial charge in [-0.2, -0.15) is 13.2 Å². The number of hydrogen-bond acceptors (Lipinski definition) is 2. The normalized spacial score (nSPS) is 11.0. The maximum atomic E-state index is 12.9. The van der Waals surface area contributed by atoms with Crippen LogP contribution in [0.2, 0.25) is 5.02 Å². The highest BCUT2D eigenvalue weighted by Crippen LogP contribution is 2.18. The van der Waals surface area contributed by atoms with Gasteiger partial charge >= 0.3 is 6.18 Å². The highest BCUT2D eigenvalue weighted by atomic mass is 35.5. The van der Waals surface area contributed by atoms with E-state index in [0.717, 1.165) is 12.1 Å². The summed E-state index contributed by atoms with van der Waals surface area (Å²) in [5.74, 6) is -2.05. The average molecular weight is 367 g/mol. The van der Waals surface area contributed by atoms with Crippen molar-refractivity contribution in [2.75, 3.05) is 19.6 Å². The highest BCUT2D eigenvalue weighted by molar-refractivity contribution is 6.33. The van der Waals surface area contributed by atoms with Gasteiger partial charge in [0.1, 0.15) is 12.4 Å². The lowest BCUT2D eigenvalue weighted by molar-refractivity contribution is -0.160. The third kappa shape index (κ3) is 6.57. The Hall–Kier alpha value is -2.09. The predicted molar refractivity (Wildman–Crippen MR) is 81.2 cm³/mol. The second-order valence-electron chi connectivity index (χ2n) is 4.81. The van der Waals surface area contributed by atoms with E-state index in [9.17, 15) is 27.2 Å². The van der Waals surface area contributed by atoms with Gasteiger partial charge in [-0.15, -0.1) is 6.58 Å². The van der Waals surface area contributed by atoms with Crippen molar-refractivity contribution in [3.05, 3.63) is 47.3 Å².